The van der Waals surface area contributed by atoms with Gasteiger partial charge in [0, 0.05) is 12.5 Å². The smallest absolute Gasteiger partial charge is 0.132 e. The van der Waals surface area contributed by atoms with Gasteiger partial charge >= 0.3 is 0 Å². The SMILES string of the molecule is CCCCCCOC1CCC2CC(C(C)=O)CCC2C1. The van der Waals surface area contributed by atoms with Crippen LogP contribution in [0.5, 0.6) is 0 Å². The van der Waals surface area contributed by atoms with Gasteiger partial charge in [-0.3, -0.25) is 4.79 Å². The molecule has 2 rings (SSSR count). The highest BCUT2D eigenvalue weighted by Crippen LogP contribution is 2.43. The fraction of sp³-hybridized carbons (Fsp3) is 0.944. The lowest BCUT2D eigenvalue weighted by molar-refractivity contribution is -0.123. The highest BCUT2D eigenvalue weighted by molar-refractivity contribution is 5.78. The molecular weight excluding hydrogens is 248 g/mol. The zero-order valence-corrected chi connectivity index (χ0v) is 13.4. The third kappa shape index (κ3) is 4.58. The molecule has 0 aromatic heterocycles. The summed E-state index contributed by atoms with van der Waals surface area (Å²) in [5.74, 6) is 2.41. The average Bonchev–Trinajstić information content (AvgIpc) is 2.46. The second kappa shape index (κ2) is 8.17. The first kappa shape index (κ1) is 16.0. The predicted octanol–water partition coefficient (Wildman–Crippen LogP) is 4.76. The Morgan fingerprint density at radius 3 is 2.50 bits per heavy atom. The summed E-state index contributed by atoms with van der Waals surface area (Å²) >= 11 is 0. The molecule has 0 bridgehead atoms. The summed E-state index contributed by atoms with van der Waals surface area (Å²) in [7, 11) is 0. The zero-order chi connectivity index (χ0) is 14.4. The Balaban J connectivity index is 1.66. The van der Waals surface area contributed by atoms with Crippen LogP contribution < -0.4 is 0 Å². The topological polar surface area (TPSA) is 26.3 Å². The summed E-state index contributed by atoms with van der Waals surface area (Å²) in [4.78, 5) is 11.5. The van der Waals surface area contributed by atoms with Crippen molar-refractivity contribution in [2.45, 2.75) is 84.2 Å². The molecule has 0 spiro atoms. The van der Waals surface area contributed by atoms with Crippen LogP contribution in [-0.4, -0.2) is 18.5 Å². The molecule has 2 nitrogen and oxygen atoms in total. The van der Waals surface area contributed by atoms with Crippen LogP contribution in [0.15, 0.2) is 0 Å². The van der Waals surface area contributed by atoms with E-state index in [2.05, 4.69) is 6.92 Å². The summed E-state index contributed by atoms with van der Waals surface area (Å²) in [5.41, 5.74) is 0. The van der Waals surface area contributed by atoms with Crippen molar-refractivity contribution in [3.05, 3.63) is 0 Å². The van der Waals surface area contributed by atoms with Crippen LogP contribution in [0.3, 0.4) is 0 Å². The lowest BCUT2D eigenvalue weighted by Crippen LogP contribution is -2.35. The highest BCUT2D eigenvalue weighted by atomic mass is 16.5. The Bertz CT molecular complexity index is 300. The lowest BCUT2D eigenvalue weighted by atomic mass is 9.66. The molecule has 2 aliphatic rings. The Kier molecular flexibility index (Phi) is 6.54. The average molecular weight is 280 g/mol. The van der Waals surface area contributed by atoms with Crippen LogP contribution in [0.2, 0.25) is 0 Å². The first-order chi connectivity index (χ1) is 9.70. The molecule has 0 aromatic rings. The van der Waals surface area contributed by atoms with Crippen LogP contribution in [-0.2, 0) is 9.53 Å². The Labute approximate surface area is 124 Å². The third-order valence-corrected chi connectivity index (χ3v) is 5.49. The number of unbranched alkanes of at least 4 members (excludes halogenated alkanes) is 3. The third-order valence-electron chi connectivity index (χ3n) is 5.49. The molecule has 0 amide bonds. The Hall–Kier alpha value is -0.370. The molecule has 0 N–H and O–H groups in total. The van der Waals surface area contributed by atoms with Crippen molar-refractivity contribution in [3.8, 4) is 0 Å². The standard InChI is InChI=1S/C18H32O2/c1-3-4-5-6-11-20-18-10-9-16-12-15(14(2)19)7-8-17(16)13-18/h15-18H,3-13H2,1-2H3. The molecule has 2 fully saturated rings. The maximum Gasteiger partial charge on any atom is 0.132 e. The first-order valence-corrected chi connectivity index (χ1v) is 8.82. The number of ketones is 1. The lowest BCUT2D eigenvalue weighted by Gasteiger charge is -2.41. The number of fused-ring (bicyclic) bond motifs is 1. The summed E-state index contributed by atoms with van der Waals surface area (Å²) in [6.07, 6.45) is 13.0. The minimum atomic E-state index is 0.364. The van der Waals surface area contributed by atoms with E-state index in [1.165, 1.54) is 51.4 Å². The van der Waals surface area contributed by atoms with Crippen LogP contribution in [0.1, 0.15) is 78.1 Å². The van der Waals surface area contributed by atoms with Crippen molar-refractivity contribution >= 4 is 5.78 Å². The maximum absolute atomic E-state index is 11.5. The van der Waals surface area contributed by atoms with Gasteiger partial charge in [0.15, 0.2) is 0 Å². The largest absolute Gasteiger partial charge is 0.378 e. The second-order valence-corrected chi connectivity index (χ2v) is 7.01. The zero-order valence-electron chi connectivity index (χ0n) is 13.4. The summed E-state index contributed by atoms with van der Waals surface area (Å²) in [6.45, 7) is 4.98. The summed E-state index contributed by atoms with van der Waals surface area (Å²) in [5, 5.41) is 0. The molecule has 0 saturated heterocycles. The number of carbonyl (C=O) groups is 1. The van der Waals surface area contributed by atoms with Crippen molar-refractivity contribution in [2.75, 3.05) is 6.61 Å². The van der Waals surface area contributed by atoms with Crippen molar-refractivity contribution < 1.29 is 9.53 Å². The minimum absolute atomic E-state index is 0.364. The Morgan fingerprint density at radius 1 is 1.00 bits per heavy atom. The van der Waals surface area contributed by atoms with Crippen molar-refractivity contribution in [1.29, 1.82) is 0 Å². The number of carbonyl (C=O) groups excluding carboxylic acids is 1. The molecule has 4 atom stereocenters. The van der Waals surface area contributed by atoms with Gasteiger partial charge < -0.3 is 4.74 Å². The monoisotopic (exact) mass is 280 g/mol. The molecule has 4 unspecified atom stereocenters. The van der Waals surface area contributed by atoms with E-state index in [1.54, 1.807) is 6.92 Å². The highest BCUT2D eigenvalue weighted by Gasteiger charge is 2.36. The molecule has 2 heteroatoms. The van der Waals surface area contributed by atoms with Gasteiger partial charge in [-0.25, -0.2) is 0 Å². The van der Waals surface area contributed by atoms with E-state index >= 15 is 0 Å². The normalized spacial score (nSPS) is 33.7. The molecule has 20 heavy (non-hydrogen) atoms. The quantitative estimate of drug-likeness (QED) is 0.629. The van der Waals surface area contributed by atoms with Crippen molar-refractivity contribution in [1.82, 2.24) is 0 Å². The van der Waals surface area contributed by atoms with E-state index in [4.69, 9.17) is 4.74 Å². The van der Waals surface area contributed by atoms with Crippen LogP contribution in [0.4, 0.5) is 0 Å². The molecule has 0 aromatic carbocycles. The minimum Gasteiger partial charge on any atom is -0.378 e. The van der Waals surface area contributed by atoms with Gasteiger partial charge in [-0.05, 0) is 63.7 Å². The second-order valence-electron chi connectivity index (χ2n) is 7.01. The Morgan fingerprint density at radius 2 is 1.75 bits per heavy atom. The maximum atomic E-state index is 11.5. The molecule has 0 radical (unpaired) electrons. The van der Waals surface area contributed by atoms with Crippen molar-refractivity contribution in [2.24, 2.45) is 17.8 Å². The molecule has 0 heterocycles. The fourth-order valence-electron chi connectivity index (χ4n) is 4.15. The van der Waals surface area contributed by atoms with E-state index in [0.717, 1.165) is 31.3 Å². The molecule has 116 valence electrons. The fourth-order valence-corrected chi connectivity index (χ4v) is 4.15. The summed E-state index contributed by atoms with van der Waals surface area (Å²) in [6, 6.07) is 0. The van der Waals surface area contributed by atoms with Gasteiger partial charge in [0.2, 0.25) is 0 Å². The van der Waals surface area contributed by atoms with Gasteiger partial charge in [0.05, 0.1) is 6.10 Å². The number of ether oxygens (including phenoxy) is 1. The van der Waals surface area contributed by atoms with Gasteiger partial charge in [0.1, 0.15) is 5.78 Å². The number of Topliss-reactive ketones (excluding diaryl/α,β-unsaturated/α-hetero) is 1. The van der Waals surface area contributed by atoms with Crippen LogP contribution >= 0.6 is 0 Å². The first-order valence-electron chi connectivity index (χ1n) is 8.82. The van der Waals surface area contributed by atoms with Gasteiger partial charge in [0.25, 0.3) is 0 Å². The van der Waals surface area contributed by atoms with Gasteiger partial charge in [-0.1, -0.05) is 26.2 Å². The van der Waals surface area contributed by atoms with Gasteiger partial charge in [-0.2, -0.15) is 0 Å². The number of hydrogen-bond acceptors (Lipinski definition) is 2. The van der Waals surface area contributed by atoms with E-state index < -0.39 is 0 Å². The molecule has 2 aliphatic carbocycles. The number of rotatable bonds is 7. The van der Waals surface area contributed by atoms with E-state index in [0.29, 0.717) is 17.8 Å². The van der Waals surface area contributed by atoms with Crippen molar-refractivity contribution in [3.63, 3.8) is 0 Å². The number of hydrogen-bond donors (Lipinski definition) is 0. The van der Waals surface area contributed by atoms with E-state index in [1.807, 2.05) is 0 Å². The molecule has 2 saturated carbocycles. The van der Waals surface area contributed by atoms with E-state index in [9.17, 15) is 4.79 Å². The summed E-state index contributed by atoms with van der Waals surface area (Å²) < 4.78 is 6.09. The van der Waals surface area contributed by atoms with E-state index in [-0.39, 0.29) is 0 Å². The molecular formula is C18H32O2. The molecule has 0 aliphatic heterocycles. The predicted molar refractivity (Wildman–Crippen MR) is 82.7 cm³/mol. The van der Waals surface area contributed by atoms with Crippen LogP contribution in [0, 0.1) is 17.8 Å². The van der Waals surface area contributed by atoms with Crippen LogP contribution in [0.25, 0.3) is 0 Å². The van der Waals surface area contributed by atoms with Gasteiger partial charge in [-0.15, -0.1) is 0 Å².